The molecule has 1 aromatic heterocycles. The van der Waals surface area contributed by atoms with E-state index in [9.17, 15) is 4.79 Å². The molecule has 0 saturated heterocycles. The molecule has 1 aromatic rings. The number of carbonyl (C=O) groups is 1. The maximum atomic E-state index is 11.0. The number of hydrogen-bond donors (Lipinski definition) is 0. The van der Waals surface area contributed by atoms with Crippen molar-refractivity contribution in [3.63, 3.8) is 0 Å². The second-order valence-electron chi connectivity index (χ2n) is 2.05. The van der Waals surface area contributed by atoms with Gasteiger partial charge in [0.05, 0.1) is 12.1 Å². The monoisotopic (exact) mass is 202 g/mol. The Morgan fingerprint density at radius 2 is 2.25 bits per heavy atom. The molecule has 0 atom stereocenters. The van der Waals surface area contributed by atoms with Crippen LogP contribution in [-0.4, -0.2) is 21.3 Å². The van der Waals surface area contributed by atoms with E-state index in [4.69, 9.17) is 11.6 Å². The Labute approximate surface area is 79.6 Å². The Morgan fingerprint density at radius 3 is 2.83 bits per heavy atom. The van der Waals surface area contributed by atoms with Gasteiger partial charge in [0.1, 0.15) is 0 Å². The molecule has 0 aliphatic rings. The van der Waals surface area contributed by atoms with Gasteiger partial charge in [-0.25, -0.2) is 4.98 Å². The highest BCUT2D eigenvalue weighted by molar-refractivity contribution is 8.13. The fourth-order valence-corrected chi connectivity index (χ4v) is 1.13. The molecular weight excluding hydrogens is 196 g/mol. The van der Waals surface area contributed by atoms with Crippen LogP contribution in [0, 0.1) is 0 Å². The third-order valence-corrected chi connectivity index (χ3v) is 2.18. The molecule has 0 aromatic carbocycles. The van der Waals surface area contributed by atoms with Gasteiger partial charge in [-0.05, 0) is 6.26 Å². The van der Waals surface area contributed by atoms with Crippen molar-refractivity contribution in [1.29, 1.82) is 0 Å². The summed E-state index contributed by atoms with van der Waals surface area (Å²) in [6.45, 7) is 0. The number of hydrogen-bond acceptors (Lipinski definition) is 4. The quantitative estimate of drug-likeness (QED) is 0.730. The molecule has 0 radical (unpaired) electrons. The van der Waals surface area contributed by atoms with Gasteiger partial charge < -0.3 is 0 Å². The van der Waals surface area contributed by atoms with Crippen molar-refractivity contribution in [3.8, 4) is 0 Å². The van der Waals surface area contributed by atoms with Crippen molar-refractivity contribution >= 4 is 28.5 Å². The van der Waals surface area contributed by atoms with Gasteiger partial charge in [0.15, 0.2) is 10.3 Å². The fourth-order valence-electron chi connectivity index (χ4n) is 0.677. The highest BCUT2D eigenvalue weighted by atomic mass is 35.5. The lowest BCUT2D eigenvalue weighted by Gasteiger charge is -1.98. The first-order valence-corrected chi connectivity index (χ1v) is 4.86. The third kappa shape index (κ3) is 2.46. The largest absolute Gasteiger partial charge is 0.287 e. The van der Waals surface area contributed by atoms with E-state index < -0.39 is 0 Å². The lowest BCUT2D eigenvalue weighted by molar-refractivity contribution is -0.110. The van der Waals surface area contributed by atoms with Crippen molar-refractivity contribution in [2.75, 3.05) is 6.26 Å². The number of carbonyl (C=O) groups excluding carboxylic acids is 1. The molecule has 0 bridgehead atoms. The minimum atomic E-state index is 0.0393. The van der Waals surface area contributed by atoms with Gasteiger partial charge >= 0.3 is 0 Å². The number of halogens is 1. The molecule has 0 amide bonds. The van der Waals surface area contributed by atoms with Crippen LogP contribution in [-0.2, 0) is 11.2 Å². The Bertz CT molecular complexity index is 292. The lowest BCUT2D eigenvalue weighted by atomic mass is 10.3. The van der Waals surface area contributed by atoms with Crippen LogP contribution in [0.2, 0.25) is 5.15 Å². The summed E-state index contributed by atoms with van der Waals surface area (Å²) in [7, 11) is 0. The van der Waals surface area contributed by atoms with Gasteiger partial charge in [0, 0.05) is 12.4 Å². The molecule has 64 valence electrons. The highest BCUT2D eigenvalue weighted by Crippen LogP contribution is 2.11. The Kier molecular flexibility index (Phi) is 3.49. The van der Waals surface area contributed by atoms with Crippen LogP contribution >= 0.6 is 23.4 Å². The van der Waals surface area contributed by atoms with Gasteiger partial charge in [0.25, 0.3) is 0 Å². The van der Waals surface area contributed by atoms with Crippen LogP contribution in [0.3, 0.4) is 0 Å². The molecule has 12 heavy (non-hydrogen) atoms. The first-order chi connectivity index (χ1) is 5.74. The zero-order valence-corrected chi connectivity index (χ0v) is 8.02. The van der Waals surface area contributed by atoms with E-state index in [1.54, 1.807) is 6.26 Å². The number of nitrogens with zero attached hydrogens (tertiary/aromatic N) is 2. The number of aromatic nitrogens is 2. The predicted molar refractivity (Wildman–Crippen MR) is 49.3 cm³/mol. The van der Waals surface area contributed by atoms with Crippen molar-refractivity contribution in [2.24, 2.45) is 0 Å². The maximum Gasteiger partial charge on any atom is 0.194 e. The molecule has 0 N–H and O–H groups in total. The number of rotatable bonds is 2. The molecule has 0 aliphatic heterocycles. The minimum Gasteiger partial charge on any atom is -0.287 e. The van der Waals surface area contributed by atoms with Gasteiger partial charge in [-0.3, -0.25) is 9.78 Å². The smallest absolute Gasteiger partial charge is 0.194 e. The van der Waals surface area contributed by atoms with E-state index >= 15 is 0 Å². The summed E-state index contributed by atoms with van der Waals surface area (Å²) in [5.41, 5.74) is 0.540. The topological polar surface area (TPSA) is 42.9 Å². The molecule has 0 fully saturated rings. The van der Waals surface area contributed by atoms with E-state index in [0.717, 1.165) is 11.8 Å². The van der Waals surface area contributed by atoms with Crippen LogP contribution in [0.1, 0.15) is 5.69 Å². The second kappa shape index (κ2) is 4.42. The summed E-state index contributed by atoms with van der Waals surface area (Å²) < 4.78 is 0. The highest BCUT2D eigenvalue weighted by Gasteiger charge is 2.06. The van der Waals surface area contributed by atoms with Crippen LogP contribution in [0.4, 0.5) is 0 Å². The van der Waals surface area contributed by atoms with Crippen LogP contribution in [0.25, 0.3) is 0 Å². The summed E-state index contributed by atoms with van der Waals surface area (Å²) in [6.07, 6.45) is 4.99. The third-order valence-electron chi connectivity index (χ3n) is 1.26. The van der Waals surface area contributed by atoms with E-state index in [2.05, 4.69) is 9.97 Å². The normalized spacial score (nSPS) is 9.83. The molecule has 0 aliphatic carbocycles. The molecule has 5 heteroatoms. The first-order valence-electron chi connectivity index (χ1n) is 3.26. The Balaban J connectivity index is 2.75. The van der Waals surface area contributed by atoms with E-state index in [1.165, 1.54) is 12.4 Å². The average molecular weight is 203 g/mol. The van der Waals surface area contributed by atoms with Crippen molar-refractivity contribution in [1.82, 2.24) is 9.97 Å². The Morgan fingerprint density at radius 1 is 1.58 bits per heavy atom. The molecule has 3 nitrogen and oxygen atoms in total. The van der Waals surface area contributed by atoms with Crippen LogP contribution < -0.4 is 0 Å². The lowest BCUT2D eigenvalue weighted by Crippen LogP contribution is -2.00. The van der Waals surface area contributed by atoms with Crippen LogP contribution in [0.15, 0.2) is 12.4 Å². The van der Waals surface area contributed by atoms with Crippen LogP contribution in [0.5, 0.6) is 0 Å². The SMILES string of the molecule is CSC(=O)Cc1nccnc1Cl. The van der Waals surface area contributed by atoms with E-state index in [-0.39, 0.29) is 11.5 Å². The van der Waals surface area contributed by atoms with Gasteiger partial charge in [0.2, 0.25) is 0 Å². The zero-order chi connectivity index (χ0) is 8.97. The molecule has 0 unspecified atom stereocenters. The van der Waals surface area contributed by atoms with Gasteiger partial charge in [-0.15, -0.1) is 0 Å². The molecule has 0 saturated carbocycles. The Hall–Kier alpha value is -0.610. The summed E-state index contributed by atoms with van der Waals surface area (Å²) in [5.74, 6) is 0. The van der Waals surface area contributed by atoms with Crippen molar-refractivity contribution in [3.05, 3.63) is 23.2 Å². The molecule has 1 heterocycles. The predicted octanol–water partition coefficient (Wildman–Crippen LogP) is 1.56. The van der Waals surface area contributed by atoms with E-state index in [0.29, 0.717) is 10.8 Å². The standard InChI is InChI=1S/C7H7ClN2OS/c1-12-6(11)4-5-7(8)10-3-2-9-5/h2-3H,4H2,1H3. The van der Waals surface area contributed by atoms with E-state index in [1.807, 2.05) is 0 Å². The second-order valence-corrected chi connectivity index (χ2v) is 3.27. The molecular formula is C7H7ClN2OS. The minimum absolute atomic E-state index is 0.0393. The van der Waals surface area contributed by atoms with Crippen molar-refractivity contribution < 1.29 is 4.79 Å². The summed E-state index contributed by atoms with van der Waals surface area (Å²) in [4.78, 5) is 18.7. The summed E-state index contributed by atoms with van der Waals surface area (Å²) >= 11 is 6.85. The molecule has 0 spiro atoms. The fraction of sp³-hybridized carbons (Fsp3) is 0.286. The van der Waals surface area contributed by atoms with Gasteiger partial charge in [-0.2, -0.15) is 0 Å². The average Bonchev–Trinajstić information content (AvgIpc) is 2.09. The summed E-state index contributed by atoms with van der Waals surface area (Å²) in [6, 6.07) is 0. The van der Waals surface area contributed by atoms with Crippen molar-refractivity contribution in [2.45, 2.75) is 6.42 Å². The zero-order valence-electron chi connectivity index (χ0n) is 6.45. The van der Waals surface area contributed by atoms with Gasteiger partial charge in [-0.1, -0.05) is 23.4 Å². The molecule has 1 rings (SSSR count). The summed E-state index contributed by atoms with van der Waals surface area (Å²) in [5, 5.41) is 0.345. The maximum absolute atomic E-state index is 11.0. The first kappa shape index (κ1) is 9.48. The number of thioether (sulfide) groups is 1.